The molecule has 4 aliphatic heterocycles. The SMILES string of the molecule is c1ccc(-c2ccccc2N(c2ccccc2)c2cc3c4c(c2)N(c2ccccc2)c2cc5c(cc2B4c2ccccc2N3c2ccccc2)B2c3ccccc3N(c3ccccc3)c3cc(N(c4ccccc4)c4ccccc4-c4ccccc4)cc(c32)N5c2c(-c3ccccc3)cccc2-c2ccccc2)cc1. The second-order valence-electron chi connectivity index (χ2n) is 28.6. The number of nitrogens with zero attached hydrogens (tertiary/aromatic N) is 6. The van der Waals surface area contributed by atoms with Gasteiger partial charge in [-0.25, -0.2) is 0 Å². The van der Waals surface area contributed by atoms with Crippen LogP contribution in [0.5, 0.6) is 0 Å². The van der Waals surface area contributed by atoms with Crippen LogP contribution in [0.15, 0.2) is 425 Å². The number of rotatable bonds is 14. The first kappa shape index (κ1) is 64.1. The molecule has 21 rings (SSSR count). The largest absolute Gasteiger partial charge is 0.311 e. The van der Waals surface area contributed by atoms with Crippen molar-refractivity contribution in [2.45, 2.75) is 0 Å². The molecule has 0 spiro atoms. The van der Waals surface area contributed by atoms with Gasteiger partial charge in [0.15, 0.2) is 0 Å². The van der Waals surface area contributed by atoms with Gasteiger partial charge in [0.05, 0.1) is 28.4 Å². The van der Waals surface area contributed by atoms with E-state index in [0.29, 0.717) is 0 Å². The zero-order valence-corrected chi connectivity index (χ0v) is 60.3. The van der Waals surface area contributed by atoms with Crippen molar-refractivity contribution < 1.29 is 0 Å². The molecule has 0 amide bonds. The van der Waals surface area contributed by atoms with Crippen LogP contribution >= 0.6 is 0 Å². The number of benzene rings is 17. The normalized spacial score (nSPS) is 12.6. The van der Waals surface area contributed by atoms with E-state index in [1.807, 2.05) is 0 Å². The van der Waals surface area contributed by atoms with Gasteiger partial charge >= 0.3 is 0 Å². The lowest BCUT2D eigenvalue weighted by Gasteiger charge is -2.48. The number of anilines is 18. The fraction of sp³-hybridized carbons (Fsp3) is 0. The van der Waals surface area contributed by atoms with Gasteiger partial charge in [-0.3, -0.25) is 0 Å². The van der Waals surface area contributed by atoms with Crippen LogP contribution in [0.3, 0.4) is 0 Å². The van der Waals surface area contributed by atoms with Gasteiger partial charge < -0.3 is 29.4 Å². The summed E-state index contributed by atoms with van der Waals surface area (Å²) in [6.45, 7) is -0.519. The topological polar surface area (TPSA) is 19.4 Å². The number of fused-ring (bicyclic) bond motifs is 8. The van der Waals surface area contributed by atoms with Crippen LogP contribution in [0.1, 0.15) is 0 Å². The van der Waals surface area contributed by atoms with Gasteiger partial charge in [-0.1, -0.05) is 309 Å². The van der Waals surface area contributed by atoms with Crippen molar-refractivity contribution >= 4 is 149 Å². The minimum Gasteiger partial charge on any atom is -0.311 e. The first-order valence-corrected chi connectivity index (χ1v) is 38.0. The van der Waals surface area contributed by atoms with Crippen molar-refractivity contribution in [1.29, 1.82) is 0 Å². The molecular formula is C102H70B2N6. The lowest BCUT2D eigenvalue weighted by Crippen LogP contribution is -2.65. The predicted molar refractivity (Wildman–Crippen MR) is 466 cm³/mol. The molecule has 0 unspecified atom stereocenters. The summed E-state index contributed by atoms with van der Waals surface area (Å²) < 4.78 is 0. The van der Waals surface area contributed by atoms with Crippen LogP contribution in [0.2, 0.25) is 0 Å². The second kappa shape index (κ2) is 26.9. The Morgan fingerprint density at radius 2 is 0.464 bits per heavy atom. The molecule has 6 nitrogen and oxygen atoms in total. The fourth-order valence-electron chi connectivity index (χ4n) is 18.0. The van der Waals surface area contributed by atoms with E-state index in [1.54, 1.807) is 0 Å². The van der Waals surface area contributed by atoms with Gasteiger partial charge in [-0.05, 0) is 170 Å². The molecule has 110 heavy (non-hydrogen) atoms. The zero-order valence-electron chi connectivity index (χ0n) is 60.3. The molecular weight excluding hydrogens is 1330 g/mol. The summed E-state index contributed by atoms with van der Waals surface area (Å²) in [5, 5.41) is 0. The van der Waals surface area contributed by atoms with Crippen molar-refractivity contribution in [2.75, 3.05) is 29.4 Å². The lowest BCUT2D eigenvalue weighted by atomic mass is 9.30. The lowest BCUT2D eigenvalue weighted by molar-refractivity contribution is 1.21. The summed E-state index contributed by atoms with van der Waals surface area (Å²) in [5.74, 6) is 0. The van der Waals surface area contributed by atoms with Gasteiger partial charge in [-0.2, -0.15) is 0 Å². The monoisotopic (exact) mass is 1400 g/mol. The van der Waals surface area contributed by atoms with Crippen LogP contribution < -0.4 is 62.2 Å². The van der Waals surface area contributed by atoms with Crippen LogP contribution in [-0.2, 0) is 0 Å². The van der Waals surface area contributed by atoms with E-state index in [9.17, 15) is 0 Å². The molecule has 0 aromatic heterocycles. The summed E-state index contributed by atoms with van der Waals surface area (Å²) in [5.41, 5.74) is 35.7. The van der Waals surface area contributed by atoms with Crippen molar-refractivity contribution in [1.82, 2.24) is 0 Å². The molecule has 0 saturated heterocycles. The van der Waals surface area contributed by atoms with Gasteiger partial charge in [0.1, 0.15) is 0 Å². The molecule has 0 atom stereocenters. The predicted octanol–water partition coefficient (Wildman–Crippen LogP) is 23.5. The second-order valence-corrected chi connectivity index (χ2v) is 28.6. The van der Waals surface area contributed by atoms with E-state index in [-0.39, 0.29) is 13.4 Å². The average molecular weight is 1400 g/mol. The number of para-hydroxylation sites is 10. The summed E-state index contributed by atoms with van der Waals surface area (Å²) in [4.78, 5) is 15.4. The fourth-order valence-corrected chi connectivity index (χ4v) is 18.0. The Labute approximate surface area is 643 Å². The van der Waals surface area contributed by atoms with Crippen LogP contribution in [0, 0.1) is 0 Å². The van der Waals surface area contributed by atoms with Crippen molar-refractivity contribution in [3.8, 4) is 44.5 Å². The quantitative estimate of drug-likeness (QED) is 0.100. The summed E-state index contributed by atoms with van der Waals surface area (Å²) in [6.07, 6.45) is 0. The standard InChI is InChI=1S/C102H70B2N6/c1-10-37-71(38-11-1)82-55-28-32-61-90(82)105(75-45-18-5-19-46-75)80-65-96-100-98(67-80)109(79-53-26-9-27-54-79)94-70-95-89(69-88(94)103(100)86-59-30-34-63-92(86)107(96)77-49-22-7-23-50-77)104-87-60-31-35-64-93(87)108(78-51-24-8-25-52-78)97-66-81(106(76-47-20-6-21-48-76)91-62-33-29-56-83(91)72-39-12-2-13-40-72)68-99(101(97)104)110(95)102-84(73-41-14-3-15-42-73)57-36-58-85(102)74-43-16-4-17-44-74/h1-70H. The molecule has 17 aromatic rings. The number of hydrogen-bond donors (Lipinski definition) is 0. The Bertz CT molecular complexity index is 6260. The molecule has 0 aliphatic carbocycles. The zero-order chi connectivity index (χ0) is 72.6. The highest BCUT2D eigenvalue weighted by molar-refractivity contribution is 7.03. The molecule has 4 heterocycles. The molecule has 0 fully saturated rings. The summed E-state index contributed by atoms with van der Waals surface area (Å²) in [7, 11) is 0. The van der Waals surface area contributed by atoms with Crippen molar-refractivity contribution in [3.63, 3.8) is 0 Å². The van der Waals surface area contributed by atoms with E-state index in [2.05, 4.69) is 454 Å². The number of hydrogen-bond acceptors (Lipinski definition) is 6. The molecule has 514 valence electrons. The van der Waals surface area contributed by atoms with E-state index < -0.39 is 0 Å². The Kier molecular flexibility index (Phi) is 15.7. The van der Waals surface area contributed by atoms with Crippen LogP contribution in [0.4, 0.5) is 102 Å². The first-order chi connectivity index (χ1) is 54.7. The maximum Gasteiger partial charge on any atom is 0.252 e. The third kappa shape index (κ3) is 10.6. The van der Waals surface area contributed by atoms with E-state index in [4.69, 9.17) is 0 Å². The highest BCUT2D eigenvalue weighted by Gasteiger charge is 2.50. The van der Waals surface area contributed by atoms with E-state index in [1.165, 1.54) is 32.8 Å². The van der Waals surface area contributed by atoms with Crippen LogP contribution in [0.25, 0.3) is 44.5 Å². The van der Waals surface area contributed by atoms with Gasteiger partial charge in [0.2, 0.25) is 0 Å². The Hall–Kier alpha value is -14.3. The van der Waals surface area contributed by atoms with E-state index >= 15 is 0 Å². The minimum absolute atomic E-state index is 0.246. The van der Waals surface area contributed by atoms with Gasteiger partial charge in [0.25, 0.3) is 13.4 Å². The van der Waals surface area contributed by atoms with Crippen molar-refractivity contribution in [3.05, 3.63) is 425 Å². The van der Waals surface area contributed by atoms with Crippen molar-refractivity contribution in [2.24, 2.45) is 0 Å². The smallest absolute Gasteiger partial charge is 0.252 e. The molecule has 0 radical (unpaired) electrons. The third-order valence-electron chi connectivity index (χ3n) is 22.5. The Balaban J connectivity index is 0.919. The highest BCUT2D eigenvalue weighted by atomic mass is 15.2. The average Bonchev–Trinajstić information content (AvgIpc) is 0.680. The molecule has 17 aromatic carbocycles. The van der Waals surface area contributed by atoms with Gasteiger partial charge in [-0.15, -0.1) is 0 Å². The third-order valence-corrected chi connectivity index (χ3v) is 22.5. The molecule has 0 saturated carbocycles. The van der Waals surface area contributed by atoms with E-state index in [0.717, 1.165) is 147 Å². The molecule has 4 aliphatic rings. The summed E-state index contributed by atoms with van der Waals surface area (Å²) >= 11 is 0. The highest BCUT2D eigenvalue weighted by Crippen LogP contribution is 2.56. The first-order valence-electron chi connectivity index (χ1n) is 38.0. The molecule has 0 bridgehead atoms. The Morgan fingerprint density at radius 3 is 0.845 bits per heavy atom. The molecule has 0 N–H and O–H groups in total. The summed E-state index contributed by atoms with van der Waals surface area (Å²) in [6, 6.07) is 157. The maximum absolute atomic E-state index is 2.70. The Morgan fingerprint density at radius 1 is 0.182 bits per heavy atom. The van der Waals surface area contributed by atoms with Crippen LogP contribution in [-0.4, -0.2) is 13.4 Å². The van der Waals surface area contributed by atoms with Gasteiger partial charge in [0, 0.05) is 96.2 Å². The minimum atomic E-state index is -0.273. The molecule has 8 heteroatoms. The maximum atomic E-state index is 2.70.